The van der Waals surface area contributed by atoms with Crippen LogP contribution in [-0.4, -0.2) is 23.0 Å². The van der Waals surface area contributed by atoms with Crippen molar-refractivity contribution >= 4 is 16.8 Å². The summed E-state index contributed by atoms with van der Waals surface area (Å²) in [4.78, 5) is 11.5. The monoisotopic (exact) mass is 241 g/mol. The van der Waals surface area contributed by atoms with Gasteiger partial charge in [0.1, 0.15) is 5.75 Å². The Morgan fingerprint density at radius 3 is 2.44 bits per heavy atom. The summed E-state index contributed by atoms with van der Waals surface area (Å²) in [6.07, 6.45) is 0. The lowest BCUT2D eigenvalue weighted by atomic mass is 10.1. The summed E-state index contributed by atoms with van der Waals surface area (Å²) in [5.41, 5.74) is 6.66. The van der Waals surface area contributed by atoms with Crippen LogP contribution in [0.15, 0.2) is 29.2 Å². The van der Waals surface area contributed by atoms with E-state index in [0.717, 1.165) is 5.56 Å². The summed E-state index contributed by atoms with van der Waals surface area (Å²) in [5, 5.41) is 0. The van der Waals surface area contributed by atoms with Crippen LogP contribution in [0.25, 0.3) is 0 Å². The van der Waals surface area contributed by atoms with E-state index >= 15 is 0 Å². The van der Waals surface area contributed by atoms with Crippen LogP contribution in [0.5, 0.6) is 0 Å². The Morgan fingerprint density at radius 2 is 2.00 bits per heavy atom. The van der Waals surface area contributed by atoms with Crippen LogP contribution in [-0.2, 0) is 20.3 Å². The van der Waals surface area contributed by atoms with E-state index in [4.69, 9.17) is 5.73 Å². The molecule has 0 aliphatic rings. The maximum atomic E-state index is 11.7. The van der Waals surface area contributed by atoms with Gasteiger partial charge in [-0.3, -0.25) is 9.00 Å². The number of nitrogens with two attached hydrogens (primary N) is 1. The van der Waals surface area contributed by atoms with E-state index in [0.29, 0.717) is 4.90 Å². The maximum absolute atomic E-state index is 11.7. The Kier molecular flexibility index (Phi) is 4.64. The molecule has 16 heavy (non-hydrogen) atoms. The zero-order valence-electron chi connectivity index (χ0n) is 9.30. The minimum Gasteiger partial charge on any atom is -0.468 e. The van der Waals surface area contributed by atoms with E-state index in [-0.39, 0.29) is 11.8 Å². The Morgan fingerprint density at radius 1 is 1.44 bits per heavy atom. The van der Waals surface area contributed by atoms with Crippen molar-refractivity contribution in [3.05, 3.63) is 29.8 Å². The Labute approximate surface area is 97.2 Å². The molecular weight excluding hydrogens is 226 g/mol. The average Bonchev–Trinajstić information content (AvgIpc) is 2.28. The Bertz CT molecular complexity index is 387. The summed E-state index contributed by atoms with van der Waals surface area (Å²) in [6, 6.07) is 7.02. The fourth-order valence-electron chi connectivity index (χ4n) is 1.17. The first-order valence-corrected chi connectivity index (χ1v) is 6.17. The lowest BCUT2D eigenvalue weighted by molar-refractivity contribution is -0.137. The molecule has 2 N–H and O–H groups in total. The molecule has 1 aromatic rings. The highest BCUT2D eigenvalue weighted by Gasteiger charge is 2.10. The normalized spacial score (nSPS) is 14.2. The molecule has 0 aliphatic heterocycles. The number of ether oxygens (including phenoxy) is 1. The maximum Gasteiger partial charge on any atom is 0.318 e. The molecule has 5 heteroatoms. The third-order valence-corrected chi connectivity index (χ3v) is 3.44. The summed E-state index contributed by atoms with van der Waals surface area (Å²) in [7, 11) is -0.0737. The molecule has 0 bridgehead atoms. The first-order valence-electron chi connectivity index (χ1n) is 4.85. The molecule has 4 nitrogen and oxygen atoms in total. The predicted molar refractivity (Wildman–Crippen MR) is 62.3 cm³/mol. The van der Waals surface area contributed by atoms with Crippen LogP contribution in [0.1, 0.15) is 18.5 Å². The van der Waals surface area contributed by atoms with Crippen LogP contribution in [0.2, 0.25) is 0 Å². The van der Waals surface area contributed by atoms with Crippen molar-refractivity contribution in [3.8, 4) is 0 Å². The zero-order chi connectivity index (χ0) is 12.1. The molecule has 88 valence electrons. The number of carbonyl (C=O) groups excluding carboxylic acids is 1. The first-order chi connectivity index (χ1) is 7.54. The Hall–Kier alpha value is -1.20. The third kappa shape index (κ3) is 3.43. The summed E-state index contributed by atoms with van der Waals surface area (Å²) in [5.74, 6) is -0.594. The molecule has 0 saturated carbocycles. The van der Waals surface area contributed by atoms with Gasteiger partial charge in [0.15, 0.2) is 0 Å². The molecule has 0 aliphatic carbocycles. The number of esters is 1. The third-order valence-electron chi connectivity index (χ3n) is 2.15. The van der Waals surface area contributed by atoms with Crippen molar-refractivity contribution in [2.24, 2.45) is 5.73 Å². The van der Waals surface area contributed by atoms with Gasteiger partial charge in [-0.1, -0.05) is 12.1 Å². The van der Waals surface area contributed by atoms with Gasteiger partial charge in [-0.15, -0.1) is 0 Å². The largest absolute Gasteiger partial charge is 0.468 e. The molecule has 0 radical (unpaired) electrons. The molecule has 1 unspecified atom stereocenters. The average molecular weight is 241 g/mol. The van der Waals surface area contributed by atoms with Crippen molar-refractivity contribution in [3.63, 3.8) is 0 Å². The molecule has 1 aromatic carbocycles. The van der Waals surface area contributed by atoms with Gasteiger partial charge in [-0.05, 0) is 24.6 Å². The first kappa shape index (κ1) is 12.9. The molecule has 0 heterocycles. The number of methoxy groups -OCH3 is 1. The lowest BCUT2D eigenvalue weighted by Gasteiger charge is -2.06. The van der Waals surface area contributed by atoms with Crippen LogP contribution < -0.4 is 5.73 Å². The second-order valence-electron chi connectivity index (χ2n) is 3.42. The number of hydrogen-bond donors (Lipinski definition) is 1. The van der Waals surface area contributed by atoms with E-state index in [9.17, 15) is 9.00 Å². The second kappa shape index (κ2) is 5.77. The van der Waals surface area contributed by atoms with Crippen LogP contribution in [0.4, 0.5) is 0 Å². The van der Waals surface area contributed by atoms with Gasteiger partial charge in [0.05, 0.1) is 17.9 Å². The standard InChI is InChI=1S/C11H15NO3S/c1-8(12)9-3-5-10(6-4-9)16(14)7-11(13)15-2/h3-6,8H,7,12H2,1-2H3/t8-,16?/m1/s1. The molecule has 0 spiro atoms. The highest BCUT2D eigenvalue weighted by molar-refractivity contribution is 7.85. The molecule has 0 saturated heterocycles. The zero-order valence-corrected chi connectivity index (χ0v) is 10.1. The van der Waals surface area contributed by atoms with E-state index in [2.05, 4.69) is 4.74 Å². The van der Waals surface area contributed by atoms with E-state index in [1.165, 1.54) is 7.11 Å². The molecule has 0 fully saturated rings. The fourth-order valence-corrected chi connectivity index (χ4v) is 2.11. The minimum absolute atomic E-state index is 0.0527. The van der Waals surface area contributed by atoms with Crippen LogP contribution in [0, 0.1) is 0 Å². The number of carbonyl (C=O) groups is 1. The van der Waals surface area contributed by atoms with Crippen LogP contribution in [0.3, 0.4) is 0 Å². The van der Waals surface area contributed by atoms with Gasteiger partial charge < -0.3 is 10.5 Å². The number of hydrogen-bond acceptors (Lipinski definition) is 4. The van der Waals surface area contributed by atoms with Gasteiger partial charge in [0, 0.05) is 10.9 Å². The summed E-state index contributed by atoms with van der Waals surface area (Å²) in [6.45, 7) is 1.88. The fraction of sp³-hybridized carbons (Fsp3) is 0.364. The molecular formula is C11H15NO3S. The van der Waals surface area contributed by atoms with E-state index < -0.39 is 16.8 Å². The molecule has 0 aromatic heterocycles. The van der Waals surface area contributed by atoms with E-state index in [1.54, 1.807) is 12.1 Å². The van der Waals surface area contributed by atoms with Crippen molar-refractivity contribution in [1.29, 1.82) is 0 Å². The van der Waals surface area contributed by atoms with Crippen molar-refractivity contribution in [2.45, 2.75) is 17.9 Å². The SMILES string of the molecule is COC(=O)CS(=O)c1ccc([C@@H](C)N)cc1. The highest BCUT2D eigenvalue weighted by Crippen LogP contribution is 2.13. The molecule has 0 amide bonds. The van der Waals surface area contributed by atoms with Gasteiger partial charge in [0.2, 0.25) is 0 Å². The number of benzene rings is 1. The smallest absolute Gasteiger partial charge is 0.318 e. The van der Waals surface area contributed by atoms with Crippen molar-refractivity contribution < 1.29 is 13.7 Å². The van der Waals surface area contributed by atoms with Crippen LogP contribution >= 0.6 is 0 Å². The lowest BCUT2D eigenvalue weighted by Crippen LogP contribution is -2.12. The molecule has 2 atom stereocenters. The topological polar surface area (TPSA) is 69.4 Å². The van der Waals surface area contributed by atoms with Gasteiger partial charge in [0.25, 0.3) is 0 Å². The van der Waals surface area contributed by atoms with Gasteiger partial charge in [-0.2, -0.15) is 0 Å². The minimum atomic E-state index is -1.35. The van der Waals surface area contributed by atoms with Gasteiger partial charge >= 0.3 is 5.97 Å². The quantitative estimate of drug-likeness (QED) is 0.798. The molecule has 1 rings (SSSR count). The number of rotatable bonds is 4. The summed E-state index contributed by atoms with van der Waals surface area (Å²) >= 11 is 0. The summed E-state index contributed by atoms with van der Waals surface area (Å²) < 4.78 is 16.1. The van der Waals surface area contributed by atoms with Crippen molar-refractivity contribution in [1.82, 2.24) is 0 Å². The van der Waals surface area contributed by atoms with Gasteiger partial charge in [-0.25, -0.2) is 0 Å². The van der Waals surface area contributed by atoms with Crippen molar-refractivity contribution in [2.75, 3.05) is 12.9 Å². The Balaban J connectivity index is 2.74. The second-order valence-corrected chi connectivity index (χ2v) is 4.87. The predicted octanol–water partition coefficient (Wildman–Crippen LogP) is 0.987. The van der Waals surface area contributed by atoms with E-state index in [1.807, 2.05) is 19.1 Å². The highest BCUT2D eigenvalue weighted by atomic mass is 32.2.